The molecule has 0 radical (unpaired) electrons. The van der Waals surface area contributed by atoms with Crippen LogP contribution < -0.4 is 20.1 Å². The van der Waals surface area contributed by atoms with Crippen molar-refractivity contribution >= 4 is 17.1 Å². The Morgan fingerprint density at radius 3 is 2.65 bits per heavy atom. The van der Waals surface area contributed by atoms with Crippen LogP contribution in [0, 0.1) is 0 Å². The van der Waals surface area contributed by atoms with E-state index in [1.807, 2.05) is 72.8 Å². The summed E-state index contributed by atoms with van der Waals surface area (Å²) >= 11 is 0. The van der Waals surface area contributed by atoms with Gasteiger partial charge in [0.25, 0.3) is 0 Å². The number of nitrogens with zero attached hydrogens (tertiary/aromatic N) is 1. The number of hydrogen-bond acceptors (Lipinski definition) is 4. The van der Waals surface area contributed by atoms with Gasteiger partial charge in [-0.25, -0.2) is 9.78 Å². The molecule has 1 aromatic heterocycles. The molecule has 5 rings (SSSR count). The third-order valence-electron chi connectivity index (χ3n) is 5.22. The van der Waals surface area contributed by atoms with Crippen LogP contribution in [0.2, 0.25) is 0 Å². The van der Waals surface area contributed by atoms with Crippen LogP contribution in [0.25, 0.3) is 11.0 Å². The normalized spacial score (nSPS) is 13.2. The number of benzene rings is 3. The monoisotopic (exact) mass is 414 g/mol. The SMILES string of the molecule is O=C(NCc1ccc2c(c1)OCO2)N[C@H](Cc1ccccc1)c1nc2ccccc2[nH]1. The van der Waals surface area contributed by atoms with Crippen LogP contribution >= 0.6 is 0 Å². The lowest BCUT2D eigenvalue weighted by atomic mass is 10.1. The molecule has 0 spiro atoms. The highest BCUT2D eigenvalue weighted by Gasteiger charge is 2.19. The summed E-state index contributed by atoms with van der Waals surface area (Å²) in [5, 5.41) is 5.99. The van der Waals surface area contributed by atoms with E-state index in [0.29, 0.717) is 18.7 Å². The maximum atomic E-state index is 12.7. The Balaban J connectivity index is 1.30. The minimum Gasteiger partial charge on any atom is -0.454 e. The van der Waals surface area contributed by atoms with Crippen molar-refractivity contribution in [2.75, 3.05) is 6.79 Å². The van der Waals surface area contributed by atoms with Gasteiger partial charge in [0, 0.05) is 6.54 Å². The van der Waals surface area contributed by atoms with E-state index < -0.39 is 0 Å². The number of ether oxygens (including phenoxy) is 2. The van der Waals surface area contributed by atoms with Crippen LogP contribution in [0.5, 0.6) is 11.5 Å². The van der Waals surface area contributed by atoms with Gasteiger partial charge in [0.1, 0.15) is 5.82 Å². The maximum absolute atomic E-state index is 12.7. The van der Waals surface area contributed by atoms with Crippen LogP contribution in [-0.2, 0) is 13.0 Å². The molecule has 2 amide bonds. The van der Waals surface area contributed by atoms with Gasteiger partial charge < -0.3 is 25.1 Å². The van der Waals surface area contributed by atoms with Crippen molar-refractivity contribution in [3.8, 4) is 11.5 Å². The molecule has 0 unspecified atom stereocenters. The summed E-state index contributed by atoms with van der Waals surface area (Å²) in [6.07, 6.45) is 0.623. The third-order valence-corrected chi connectivity index (χ3v) is 5.22. The fraction of sp³-hybridized carbons (Fsp3) is 0.167. The number of aromatic amines is 1. The Morgan fingerprint density at radius 2 is 1.77 bits per heavy atom. The first-order valence-electron chi connectivity index (χ1n) is 10.2. The molecule has 1 atom stereocenters. The van der Waals surface area contributed by atoms with Crippen molar-refractivity contribution in [1.29, 1.82) is 0 Å². The number of aromatic nitrogens is 2. The average molecular weight is 414 g/mol. The number of carbonyl (C=O) groups excluding carboxylic acids is 1. The highest BCUT2D eigenvalue weighted by molar-refractivity contribution is 5.76. The Hall–Kier alpha value is -4.00. The van der Waals surface area contributed by atoms with Crippen molar-refractivity contribution in [3.05, 3.63) is 89.7 Å². The number of para-hydroxylation sites is 2. The van der Waals surface area contributed by atoms with Crippen LogP contribution in [0.1, 0.15) is 23.0 Å². The van der Waals surface area contributed by atoms with Gasteiger partial charge in [0.05, 0.1) is 17.1 Å². The Labute approximate surface area is 179 Å². The molecule has 1 aliphatic heterocycles. The molecule has 4 aromatic rings. The van der Waals surface area contributed by atoms with Gasteiger partial charge >= 0.3 is 6.03 Å². The van der Waals surface area contributed by atoms with Gasteiger partial charge in [-0.3, -0.25) is 0 Å². The van der Waals surface area contributed by atoms with Crippen molar-refractivity contribution < 1.29 is 14.3 Å². The minimum absolute atomic E-state index is 0.228. The molecule has 156 valence electrons. The van der Waals surface area contributed by atoms with Gasteiger partial charge in [-0.1, -0.05) is 48.5 Å². The number of H-pyrrole nitrogens is 1. The van der Waals surface area contributed by atoms with Gasteiger partial charge in [-0.15, -0.1) is 0 Å². The first-order valence-corrected chi connectivity index (χ1v) is 10.2. The lowest BCUT2D eigenvalue weighted by molar-refractivity contribution is 0.174. The fourth-order valence-corrected chi connectivity index (χ4v) is 3.65. The largest absolute Gasteiger partial charge is 0.454 e. The van der Waals surface area contributed by atoms with Crippen LogP contribution in [0.4, 0.5) is 4.79 Å². The van der Waals surface area contributed by atoms with Gasteiger partial charge in [-0.05, 0) is 41.8 Å². The molecule has 0 aliphatic carbocycles. The number of amides is 2. The Kier molecular flexibility index (Phi) is 5.14. The molecular weight excluding hydrogens is 392 g/mol. The number of urea groups is 1. The summed E-state index contributed by atoms with van der Waals surface area (Å²) in [5.74, 6) is 2.15. The van der Waals surface area contributed by atoms with E-state index in [9.17, 15) is 4.79 Å². The molecule has 2 heterocycles. The summed E-state index contributed by atoms with van der Waals surface area (Å²) in [6, 6.07) is 23.0. The summed E-state index contributed by atoms with van der Waals surface area (Å²) in [5.41, 5.74) is 3.86. The van der Waals surface area contributed by atoms with Gasteiger partial charge in [0.2, 0.25) is 6.79 Å². The van der Waals surface area contributed by atoms with E-state index >= 15 is 0 Å². The summed E-state index contributed by atoms with van der Waals surface area (Å²) in [4.78, 5) is 20.8. The second-order valence-electron chi connectivity index (χ2n) is 7.40. The van der Waals surface area contributed by atoms with Crippen molar-refractivity contribution in [2.24, 2.45) is 0 Å². The second kappa shape index (κ2) is 8.39. The molecule has 0 fully saturated rings. The maximum Gasteiger partial charge on any atom is 0.315 e. The smallest absolute Gasteiger partial charge is 0.315 e. The molecule has 0 bridgehead atoms. The van der Waals surface area contributed by atoms with E-state index in [1.165, 1.54) is 0 Å². The number of carbonyl (C=O) groups is 1. The second-order valence-corrected chi connectivity index (χ2v) is 7.40. The highest BCUT2D eigenvalue weighted by atomic mass is 16.7. The van der Waals surface area contributed by atoms with Gasteiger partial charge in [-0.2, -0.15) is 0 Å². The molecule has 0 saturated heterocycles. The molecule has 7 heteroatoms. The Bertz CT molecular complexity index is 1170. The van der Waals surface area contributed by atoms with Gasteiger partial charge in [0.15, 0.2) is 11.5 Å². The van der Waals surface area contributed by atoms with E-state index in [2.05, 4.69) is 15.6 Å². The number of hydrogen-bond donors (Lipinski definition) is 3. The fourth-order valence-electron chi connectivity index (χ4n) is 3.65. The van der Waals surface area contributed by atoms with Crippen molar-refractivity contribution in [2.45, 2.75) is 19.0 Å². The van der Waals surface area contributed by atoms with Crippen molar-refractivity contribution in [1.82, 2.24) is 20.6 Å². The number of rotatable bonds is 6. The lowest BCUT2D eigenvalue weighted by Crippen LogP contribution is -2.38. The topological polar surface area (TPSA) is 88.3 Å². The van der Waals surface area contributed by atoms with E-state index in [0.717, 1.165) is 33.7 Å². The molecule has 0 saturated carbocycles. The molecule has 1 aliphatic rings. The predicted molar refractivity (Wildman–Crippen MR) is 117 cm³/mol. The molecule has 3 aromatic carbocycles. The average Bonchev–Trinajstić information content (AvgIpc) is 3.44. The first-order chi connectivity index (χ1) is 15.2. The summed E-state index contributed by atoms with van der Waals surface area (Å²) in [6.45, 7) is 0.603. The van der Waals surface area contributed by atoms with Crippen LogP contribution in [0.15, 0.2) is 72.8 Å². The zero-order chi connectivity index (χ0) is 21.0. The molecule has 7 nitrogen and oxygen atoms in total. The number of fused-ring (bicyclic) bond motifs is 2. The lowest BCUT2D eigenvalue weighted by Gasteiger charge is -2.17. The van der Waals surface area contributed by atoms with Crippen LogP contribution in [0.3, 0.4) is 0 Å². The highest BCUT2D eigenvalue weighted by Crippen LogP contribution is 2.32. The van der Waals surface area contributed by atoms with E-state index in [-0.39, 0.29) is 18.9 Å². The quantitative estimate of drug-likeness (QED) is 0.444. The van der Waals surface area contributed by atoms with Crippen molar-refractivity contribution in [3.63, 3.8) is 0 Å². The van der Waals surface area contributed by atoms with E-state index in [4.69, 9.17) is 14.5 Å². The number of nitrogens with one attached hydrogen (secondary N) is 3. The zero-order valence-corrected chi connectivity index (χ0v) is 16.8. The predicted octanol–water partition coefficient (Wildman–Crippen LogP) is 4.07. The Morgan fingerprint density at radius 1 is 0.968 bits per heavy atom. The van der Waals surface area contributed by atoms with E-state index in [1.54, 1.807) is 0 Å². The summed E-state index contributed by atoms with van der Waals surface area (Å²) < 4.78 is 10.7. The number of imidazole rings is 1. The standard InChI is InChI=1S/C24H22N4O3/c29-24(25-14-17-10-11-21-22(13-17)31-15-30-21)28-20(12-16-6-2-1-3-7-16)23-26-18-8-4-5-9-19(18)27-23/h1-11,13,20H,12,14-15H2,(H,26,27)(H2,25,28,29)/t20-/m1/s1. The zero-order valence-electron chi connectivity index (χ0n) is 16.8. The third kappa shape index (κ3) is 4.30. The molecular formula is C24H22N4O3. The molecule has 31 heavy (non-hydrogen) atoms. The first kappa shape index (κ1) is 19.0. The summed E-state index contributed by atoms with van der Waals surface area (Å²) in [7, 11) is 0. The molecule has 3 N–H and O–H groups in total. The van der Waals surface area contributed by atoms with Crippen LogP contribution in [-0.4, -0.2) is 22.8 Å². The minimum atomic E-state index is -0.299.